The van der Waals surface area contributed by atoms with Gasteiger partial charge in [-0.2, -0.15) is 0 Å². The molecule has 1 N–H and O–H groups in total. The molecule has 3 nitrogen and oxygen atoms in total. The Morgan fingerprint density at radius 3 is 2.39 bits per heavy atom. The number of unbranched alkanes of at least 4 members (excludes halogenated alkanes) is 4. The van der Waals surface area contributed by atoms with Gasteiger partial charge in [-0.25, -0.2) is 0 Å². The molecule has 1 aliphatic rings. The molecule has 0 aromatic rings. The fraction of sp³-hybridized carbons (Fsp3) is 0.933. The van der Waals surface area contributed by atoms with Gasteiger partial charge in [0.2, 0.25) is 0 Å². The van der Waals surface area contributed by atoms with Crippen molar-refractivity contribution in [3.8, 4) is 0 Å². The van der Waals surface area contributed by atoms with Crippen LogP contribution < -0.4 is 0 Å². The van der Waals surface area contributed by atoms with Crippen molar-refractivity contribution >= 4 is 5.97 Å². The topological polar surface area (TPSA) is 40.5 Å². The van der Waals surface area contributed by atoms with Crippen LogP contribution in [-0.4, -0.2) is 35.1 Å². The molecule has 1 rings (SSSR count). The van der Waals surface area contributed by atoms with Gasteiger partial charge in [0.05, 0.1) is 6.42 Å². The lowest BCUT2D eigenvalue weighted by Gasteiger charge is -2.28. The molecular weight excluding hydrogens is 226 g/mol. The van der Waals surface area contributed by atoms with Crippen molar-refractivity contribution in [2.24, 2.45) is 0 Å². The first-order valence-electron chi connectivity index (χ1n) is 7.70. The number of carboxylic acid groups (broad SMARTS) is 1. The number of nitrogens with zero attached hydrogens (tertiary/aromatic N) is 1. The largest absolute Gasteiger partial charge is 0.481 e. The number of aliphatic carboxylic acids is 1. The van der Waals surface area contributed by atoms with Crippen LogP contribution in [-0.2, 0) is 4.79 Å². The van der Waals surface area contributed by atoms with Crippen molar-refractivity contribution < 1.29 is 9.90 Å². The Labute approximate surface area is 112 Å². The van der Waals surface area contributed by atoms with E-state index in [1.807, 2.05) is 0 Å². The van der Waals surface area contributed by atoms with Crippen LogP contribution in [0.3, 0.4) is 0 Å². The summed E-state index contributed by atoms with van der Waals surface area (Å²) < 4.78 is 0. The van der Waals surface area contributed by atoms with Gasteiger partial charge in [-0.15, -0.1) is 0 Å². The molecule has 1 aliphatic carbocycles. The Bertz CT molecular complexity index is 225. The summed E-state index contributed by atoms with van der Waals surface area (Å²) in [6, 6.07) is 0.663. The first-order valence-corrected chi connectivity index (χ1v) is 7.70. The van der Waals surface area contributed by atoms with Crippen LogP contribution in [0, 0.1) is 0 Å². The number of hydrogen-bond donors (Lipinski definition) is 1. The SMILES string of the molecule is CCCCCCCN(CCC(=O)O)C1CCCC1. The van der Waals surface area contributed by atoms with Gasteiger partial charge in [0.1, 0.15) is 0 Å². The third-order valence-electron chi connectivity index (χ3n) is 4.00. The minimum Gasteiger partial charge on any atom is -0.481 e. The standard InChI is InChI=1S/C15H29NO2/c1-2-3-4-5-8-12-16(13-11-15(17)18)14-9-6-7-10-14/h14H,2-13H2,1H3,(H,17,18). The van der Waals surface area contributed by atoms with Crippen LogP contribution in [0.2, 0.25) is 0 Å². The third kappa shape index (κ3) is 6.39. The highest BCUT2D eigenvalue weighted by Crippen LogP contribution is 2.24. The third-order valence-corrected chi connectivity index (χ3v) is 4.00. The average Bonchev–Trinajstić information content (AvgIpc) is 2.86. The zero-order valence-corrected chi connectivity index (χ0v) is 11.9. The first kappa shape index (κ1) is 15.5. The lowest BCUT2D eigenvalue weighted by atomic mass is 10.1. The second kappa shape index (κ2) is 9.37. The summed E-state index contributed by atoms with van der Waals surface area (Å²) in [5, 5.41) is 8.82. The zero-order valence-electron chi connectivity index (χ0n) is 11.9. The molecule has 0 atom stereocenters. The van der Waals surface area contributed by atoms with Gasteiger partial charge in [-0.3, -0.25) is 9.69 Å². The molecule has 0 bridgehead atoms. The minimum absolute atomic E-state index is 0.297. The highest BCUT2D eigenvalue weighted by atomic mass is 16.4. The molecule has 3 heteroatoms. The normalized spacial score (nSPS) is 16.6. The van der Waals surface area contributed by atoms with Crippen molar-refractivity contribution in [2.45, 2.75) is 77.2 Å². The van der Waals surface area contributed by atoms with Gasteiger partial charge in [0, 0.05) is 12.6 Å². The van der Waals surface area contributed by atoms with E-state index in [2.05, 4.69) is 11.8 Å². The van der Waals surface area contributed by atoms with Crippen LogP contribution >= 0.6 is 0 Å². The van der Waals surface area contributed by atoms with Gasteiger partial charge in [0.25, 0.3) is 0 Å². The summed E-state index contributed by atoms with van der Waals surface area (Å²) in [4.78, 5) is 13.1. The predicted octanol–water partition coefficient (Wildman–Crippen LogP) is 3.68. The Morgan fingerprint density at radius 1 is 1.11 bits per heavy atom. The molecule has 0 amide bonds. The molecule has 1 saturated carbocycles. The maximum absolute atomic E-state index is 10.7. The van der Waals surface area contributed by atoms with Gasteiger partial charge in [-0.05, 0) is 25.8 Å². The summed E-state index contributed by atoms with van der Waals surface area (Å²) in [6.07, 6.45) is 12.0. The van der Waals surface area contributed by atoms with E-state index in [-0.39, 0.29) is 0 Å². The number of rotatable bonds is 10. The highest BCUT2D eigenvalue weighted by molar-refractivity contribution is 5.66. The number of carbonyl (C=O) groups is 1. The molecule has 0 aromatic heterocycles. The van der Waals surface area contributed by atoms with Crippen LogP contribution in [0.5, 0.6) is 0 Å². The molecular formula is C15H29NO2. The van der Waals surface area contributed by atoms with Crippen LogP contribution in [0.4, 0.5) is 0 Å². The maximum Gasteiger partial charge on any atom is 0.304 e. The van der Waals surface area contributed by atoms with E-state index in [4.69, 9.17) is 5.11 Å². The maximum atomic E-state index is 10.7. The quantitative estimate of drug-likeness (QED) is 0.605. The Hall–Kier alpha value is -0.570. The summed E-state index contributed by atoms with van der Waals surface area (Å²) in [6.45, 7) is 4.08. The zero-order chi connectivity index (χ0) is 13.2. The van der Waals surface area contributed by atoms with E-state index in [0.29, 0.717) is 12.5 Å². The minimum atomic E-state index is -0.663. The van der Waals surface area contributed by atoms with Crippen LogP contribution in [0.1, 0.15) is 71.1 Å². The second-order valence-corrected chi connectivity index (χ2v) is 5.53. The second-order valence-electron chi connectivity index (χ2n) is 5.53. The lowest BCUT2D eigenvalue weighted by Crippen LogP contribution is -2.35. The van der Waals surface area contributed by atoms with Crippen LogP contribution in [0.15, 0.2) is 0 Å². The van der Waals surface area contributed by atoms with Crippen molar-refractivity contribution in [3.05, 3.63) is 0 Å². The summed E-state index contributed by atoms with van der Waals surface area (Å²) in [5.41, 5.74) is 0. The van der Waals surface area contributed by atoms with Gasteiger partial charge in [-0.1, -0.05) is 45.4 Å². The number of hydrogen-bond acceptors (Lipinski definition) is 2. The van der Waals surface area contributed by atoms with E-state index in [1.54, 1.807) is 0 Å². The van der Waals surface area contributed by atoms with Crippen LogP contribution in [0.25, 0.3) is 0 Å². The molecule has 18 heavy (non-hydrogen) atoms. The molecule has 0 radical (unpaired) electrons. The molecule has 106 valence electrons. The van der Waals surface area contributed by atoms with Gasteiger partial charge in [0.15, 0.2) is 0 Å². The molecule has 0 spiro atoms. The lowest BCUT2D eigenvalue weighted by molar-refractivity contribution is -0.137. The van der Waals surface area contributed by atoms with Crippen molar-refractivity contribution in [1.82, 2.24) is 4.90 Å². The Balaban J connectivity index is 2.22. The van der Waals surface area contributed by atoms with E-state index in [0.717, 1.165) is 13.1 Å². The summed E-state index contributed by atoms with van der Waals surface area (Å²) in [7, 11) is 0. The first-order chi connectivity index (χ1) is 8.74. The summed E-state index contributed by atoms with van der Waals surface area (Å²) >= 11 is 0. The highest BCUT2D eigenvalue weighted by Gasteiger charge is 2.22. The van der Waals surface area contributed by atoms with Crippen molar-refractivity contribution in [3.63, 3.8) is 0 Å². The fourth-order valence-electron chi connectivity index (χ4n) is 2.90. The molecule has 0 heterocycles. The van der Waals surface area contributed by atoms with E-state index in [1.165, 1.54) is 57.8 Å². The molecule has 0 aliphatic heterocycles. The van der Waals surface area contributed by atoms with E-state index < -0.39 is 5.97 Å². The molecule has 0 unspecified atom stereocenters. The average molecular weight is 255 g/mol. The van der Waals surface area contributed by atoms with E-state index >= 15 is 0 Å². The molecule has 1 fully saturated rings. The number of carboxylic acids is 1. The molecule has 0 aromatic carbocycles. The predicted molar refractivity (Wildman–Crippen MR) is 74.8 cm³/mol. The van der Waals surface area contributed by atoms with Gasteiger partial charge >= 0.3 is 5.97 Å². The van der Waals surface area contributed by atoms with Crippen molar-refractivity contribution in [1.29, 1.82) is 0 Å². The Kier molecular flexibility index (Phi) is 8.06. The molecule has 0 saturated heterocycles. The van der Waals surface area contributed by atoms with E-state index in [9.17, 15) is 4.79 Å². The summed E-state index contributed by atoms with van der Waals surface area (Å²) in [5.74, 6) is -0.663. The smallest absolute Gasteiger partial charge is 0.304 e. The van der Waals surface area contributed by atoms with Gasteiger partial charge < -0.3 is 5.11 Å². The van der Waals surface area contributed by atoms with Crippen molar-refractivity contribution in [2.75, 3.05) is 13.1 Å². The fourth-order valence-corrected chi connectivity index (χ4v) is 2.90. The Morgan fingerprint density at radius 2 is 1.78 bits per heavy atom. The monoisotopic (exact) mass is 255 g/mol.